The smallest absolute Gasteiger partial charge is 0.0239 e. The van der Waals surface area contributed by atoms with Crippen LogP contribution in [0.2, 0.25) is 0 Å². The molecule has 0 aliphatic carbocycles. The summed E-state index contributed by atoms with van der Waals surface area (Å²) in [7, 11) is 0. The summed E-state index contributed by atoms with van der Waals surface area (Å²) >= 11 is 1.84. The second kappa shape index (κ2) is 3.15. The number of rotatable bonds is 1. The van der Waals surface area contributed by atoms with Gasteiger partial charge >= 0.3 is 0 Å². The van der Waals surface area contributed by atoms with Crippen molar-refractivity contribution in [2.24, 2.45) is 0 Å². The SMILES string of the molecule is N=C/C=C1\CSc2ccccc21. The molecule has 0 radical (unpaired) electrons. The van der Waals surface area contributed by atoms with Crippen molar-refractivity contribution in [2.75, 3.05) is 5.75 Å². The van der Waals surface area contributed by atoms with Crippen LogP contribution in [-0.2, 0) is 0 Å². The Balaban J connectivity index is 2.49. The molecule has 0 fully saturated rings. The van der Waals surface area contributed by atoms with E-state index in [-0.39, 0.29) is 0 Å². The van der Waals surface area contributed by atoms with E-state index in [0.29, 0.717) is 0 Å². The van der Waals surface area contributed by atoms with E-state index in [2.05, 4.69) is 18.2 Å². The van der Waals surface area contributed by atoms with Crippen LogP contribution in [0.4, 0.5) is 0 Å². The summed E-state index contributed by atoms with van der Waals surface area (Å²) in [5.74, 6) is 1.01. The maximum absolute atomic E-state index is 7.00. The quantitative estimate of drug-likeness (QED) is 0.652. The number of benzene rings is 1. The van der Waals surface area contributed by atoms with Crippen molar-refractivity contribution in [3.63, 3.8) is 0 Å². The highest BCUT2D eigenvalue weighted by Gasteiger charge is 2.14. The average molecular weight is 175 g/mol. The van der Waals surface area contributed by atoms with Gasteiger partial charge in [-0.25, -0.2) is 0 Å². The maximum Gasteiger partial charge on any atom is 0.0239 e. The van der Waals surface area contributed by atoms with Gasteiger partial charge in [0.1, 0.15) is 0 Å². The number of hydrogen-bond donors (Lipinski definition) is 1. The third kappa shape index (κ3) is 1.18. The third-order valence-electron chi connectivity index (χ3n) is 1.90. The van der Waals surface area contributed by atoms with Crippen LogP contribution in [0.15, 0.2) is 35.2 Å². The molecule has 12 heavy (non-hydrogen) atoms. The number of nitrogens with one attached hydrogen (secondary N) is 1. The molecule has 1 N–H and O–H groups in total. The van der Waals surface area contributed by atoms with Gasteiger partial charge in [0.15, 0.2) is 0 Å². The van der Waals surface area contributed by atoms with E-state index in [1.807, 2.05) is 23.9 Å². The Bertz CT molecular complexity index is 341. The molecule has 1 aliphatic heterocycles. The first-order valence-electron chi connectivity index (χ1n) is 3.83. The lowest BCUT2D eigenvalue weighted by Crippen LogP contribution is -1.79. The van der Waals surface area contributed by atoms with Crippen LogP contribution in [0, 0.1) is 5.41 Å². The van der Waals surface area contributed by atoms with Crippen LogP contribution < -0.4 is 0 Å². The molecule has 0 atom stereocenters. The topological polar surface area (TPSA) is 23.9 Å². The Labute approximate surface area is 76.0 Å². The summed E-state index contributed by atoms with van der Waals surface area (Å²) in [5.41, 5.74) is 2.57. The lowest BCUT2D eigenvalue weighted by molar-refractivity contribution is 1.43. The molecule has 2 heteroatoms. The number of fused-ring (bicyclic) bond motifs is 1. The molecule has 60 valence electrons. The van der Waals surface area contributed by atoms with E-state index < -0.39 is 0 Å². The highest BCUT2D eigenvalue weighted by molar-refractivity contribution is 8.00. The van der Waals surface area contributed by atoms with Crippen molar-refractivity contribution in [2.45, 2.75) is 4.90 Å². The van der Waals surface area contributed by atoms with Gasteiger partial charge in [0.25, 0.3) is 0 Å². The summed E-state index contributed by atoms with van der Waals surface area (Å²) in [5, 5.41) is 7.00. The summed E-state index contributed by atoms with van der Waals surface area (Å²) in [4.78, 5) is 1.34. The zero-order valence-electron chi connectivity index (χ0n) is 6.58. The van der Waals surface area contributed by atoms with Gasteiger partial charge in [-0.3, -0.25) is 0 Å². The van der Waals surface area contributed by atoms with Crippen molar-refractivity contribution in [1.82, 2.24) is 0 Å². The molecule has 0 spiro atoms. The Morgan fingerprint density at radius 1 is 1.33 bits per heavy atom. The average Bonchev–Trinajstić information content (AvgIpc) is 2.50. The predicted molar refractivity (Wildman–Crippen MR) is 53.9 cm³/mol. The van der Waals surface area contributed by atoms with Gasteiger partial charge in [0.05, 0.1) is 0 Å². The van der Waals surface area contributed by atoms with E-state index in [9.17, 15) is 0 Å². The van der Waals surface area contributed by atoms with E-state index in [1.165, 1.54) is 22.2 Å². The van der Waals surface area contributed by atoms with Gasteiger partial charge in [-0.05, 0) is 23.3 Å². The molecule has 2 rings (SSSR count). The van der Waals surface area contributed by atoms with Crippen LogP contribution >= 0.6 is 11.8 Å². The fourth-order valence-electron chi connectivity index (χ4n) is 1.33. The lowest BCUT2D eigenvalue weighted by Gasteiger charge is -1.95. The first-order valence-corrected chi connectivity index (χ1v) is 4.82. The first kappa shape index (κ1) is 7.62. The molecule has 0 saturated carbocycles. The minimum Gasteiger partial charge on any atom is -0.309 e. The third-order valence-corrected chi connectivity index (χ3v) is 3.02. The van der Waals surface area contributed by atoms with Crippen LogP contribution in [-0.4, -0.2) is 12.0 Å². The summed E-state index contributed by atoms with van der Waals surface area (Å²) in [6.07, 6.45) is 3.23. The molecule has 0 bridgehead atoms. The second-order valence-corrected chi connectivity index (χ2v) is 3.66. The number of hydrogen-bond acceptors (Lipinski definition) is 2. The van der Waals surface area contributed by atoms with Crippen molar-refractivity contribution in [1.29, 1.82) is 5.41 Å². The molecule has 1 aromatic rings. The zero-order chi connectivity index (χ0) is 8.39. The van der Waals surface area contributed by atoms with Gasteiger partial charge in [0, 0.05) is 16.9 Å². The van der Waals surface area contributed by atoms with E-state index in [0.717, 1.165) is 5.75 Å². The van der Waals surface area contributed by atoms with Crippen molar-refractivity contribution in [3.05, 3.63) is 35.9 Å². The Hall–Kier alpha value is -1.02. The highest BCUT2D eigenvalue weighted by Crippen LogP contribution is 2.37. The molecule has 1 heterocycles. The molecule has 0 amide bonds. The molecule has 1 aromatic carbocycles. The van der Waals surface area contributed by atoms with Gasteiger partial charge < -0.3 is 5.41 Å². The van der Waals surface area contributed by atoms with Gasteiger partial charge in [-0.15, -0.1) is 11.8 Å². The summed E-state index contributed by atoms with van der Waals surface area (Å²) < 4.78 is 0. The van der Waals surface area contributed by atoms with Crippen molar-refractivity contribution < 1.29 is 0 Å². The standard InChI is InChI=1S/C10H9NS/c11-6-5-8-7-12-10-4-2-1-3-9(8)10/h1-6,11H,7H2/b8-5+,11-6?. The normalized spacial score (nSPS) is 17.8. The van der Waals surface area contributed by atoms with Crippen LogP contribution in [0.1, 0.15) is 5.56 Å². The minimum atomic E-state index is 1.01. The molecular formula is C10H9NS. The first-order chi connectivity index (χ1) is 5.92. The van der Waals surface area contributed by atoms with Crippen LogP contribution in [0.3, 0.4) is 0 Å². The summed E-state index contributed by atoms with van der Waals surface area (Å²) in [6, 6.07) is 8.34. The minimum absolute atomic E-state index is 1.01. The molecule has 0 unspecified atom stereocenters. The molecule has 1 aliphatic rings. The monoisotopic (exact) mass is 175 g/mol. The zero-order valence-corrected chi connectivity index (χ0v) is 7.40. The Morgan fingerprint density at radius 2 is 2.17 bits per heavy atom. The maximum atomic E-state index is 7.00. The Kier molecular flexibility index (Phi) is 2.00. The van der Waals surface area contributed by atoms with E-state index in [4.69, 9.17) is 5.41 Å². The molecule has 1 nitrogen and oxygen atoms in total. The molecular weight excluding hydrogens is 166 g/mol. The Morgan fingerprint density at radius 3 is 3.00 bits per heavy atom. The predicted octanol–water partition coefficient (Wildman–Crippen LogP) is 2.83. The number of thioether (sulfide) groups is 1. The fourth-order valence-corrected chi connectivity index (χ4v) is 2.42. The van der Waals surface area contributed by atoms with E-state index in [1.54, 1.807) is 0 Å². The lowest BCUT2D eigenvalue weighted by atomic mass is 10.1. The summed E-state index contributed by atoms with van der Waals surface area (Å²) in [6.45, 7) is 0. The van der Waals surface area contributed by atoms with Crippen molar-refractivity contribution in [3.8, 4) is 0 Å². The molecule has 0 aromatic heterocycles. The van der Waals surface area contributed by atoms with Crippen LogP contribution in [0.25, 0.3) is 5.57 Å². The highest BCUT2D eigenvalue weighted by atomic mass is 32.2. The van der Waals surface area contributed by atoms with Gasteiger partial charge in [0.2, 0.25) is 0 Å². The van der Waals surface area contributed by atoms with E-state index >= 15 is 0 Å². The second-order valence-electron chi connectivity index (χ2n) is 2.64. The van der Waals surface area contributed by atoms with Crippen molar-refractivity contribution >= 4 is 23.5 Å². The fraction of sp³-hybridized carbons (Fsp3) is 0.100. The number of allylic oxidation sites excluding steroid dienone is 1. The van der Waals surface area contributed by atoms with Crippen LogP contribution in [0.5, 0.6) is 0 Å². The molecule has 0 saturated heterocycles. The van der Waals surface area contributed by atoms with Gasteiger partial charge in [-0.2, -0.15) is 0 Å². The van der Waals surface area contributed by atoms with Gasteiger partial charge in [-0.1, -0.05) is 18.2 Å². The largest absolute Gasteiger partial charge is 0.309 e.